The normalized spacial score (nSPS) is 11.1. The number of nitro benzene ring substituents is 1. The van der Waals surface area contributed by atoms with Crippen LogP contribution in [0.5, 0.6) is 0 Å². The second-order valence-corrected chi connectivity index (χ2v) is 4.56. The van der Waals surface area contributed by atoms with Crippen molar-refractivity contribution in [2.75, 3.05) is 7.11 Å². The third kappa shape index (κ3) is 3.47. The van der Waals surface area contributed by atoms with E-state index in [1.165, 1.54) is 18.2 Å². The van der Waals surface area contributed by atoms with Crippen LogP contribution in [0.15, 0.2) is 42.5 Å². The van der Waals surface area contributed by atoms with Crippen LogP contribution in [0, 0.1) is 10.1 Å². The molecule has 0 atom stereocenters. The van der Waals surface area contributed by atoms with Gasteiger partial charge in [-0.15, -0.1) is 0 Å². The van der Waals surface area contributed by atoms with Gasteiger partial charge in [0.2, 0.25) is 0 Å². The number of nitrogens with zero attached hydrogens (tertiary/aromatic N) is 1. The number of rotatable bonds is 3. The van der Waals surface area contributed by atoms with Crippen molar-refractivity contribution in [3.8, 4) is 11.1 Å². The molecule has 5 nitrogen and oxygen atoms in total. The fourth-order valence-electron chi connectivity index (χ4n) is 2.03. The van der Waals surface area contributed by atoms with Gasteiger partial charge in [-0.1, -0.05) is 12.1 Å². The minimum Gasteiger partial charge on any atom is -0.465 e. The molecule has 0 aliphatic rings. The average Bonchev–Trinajstić information content (AvgIpc) is 2.52. The van der Waals surface area contributed by atoms with Crippen molar-refractivity contribution < 1.29 is 27.6 Å². The second kappa shape index (κ2) is 6.07. The van der Waals surface area contributed by atoms with Crippen LogP contribution in [-0.4, -0.2) is 18.0 Å². The summed E-state index contributed by atoms with van der Waals surface area (Å²) in [5.41, 5.74) is -1.34. The van der Waals surface area contributed by atoms with Gasteiger partial charge in [-0.05, 0) is 29.3 Å². The Bertz CT molecular complexity index is 772. The van der Waals surface area contributed by atoms with Gasteiger partial charge >= 0.3 is 12.1 Å². The fourth-order valence-corrected chi connectivity index (χ4v) is 2.03. The number of benzene rings is 2. The van der Waals surface area contributed by atoms with E-state index in [4.69, 9.17) is 0 Å². The summed E-state index contributed by atoms with van der Waals surface area (Å²) in [6.45, 7) is 0. The van der Waals surface area contributed by atoms with E-state index in [1.807, 2.05) is 0 Å². The number of hydrogen-bond donors (Lipinski definition) is 0. The van der Waals surface area contributed by atoms with E-state index in [0.29, 0.717) is 0 Å². The quantitative estimate of drug-likeness (QED) is 0.484. The van der Waals surface area contributed by atoms with E-state index >= 15 is 0 Å². The summed E-state index contributed by atoms with van der Waals surface area (Å²) >= 11 is 0. The second-order valence-electron chi connectivity index (χ2n) is 4.56. The van der Waals surface area contributed by atoms with Gasteiger partial charge in [-0.3, -0.25) is 10.1 Å². The molecule has 0 aliphatic heterocycles. The van der Waals surface area contributed by atoms with Gasteiger partial charge in [0, 0.05) is 12.1 Å². The van der Waals surface area contributed by atoms with E-state index in [0.717, 1.165) is 31.4 Å². The molecular weight excluding hydrogens is 315 g/mol. The van der Waals surface area contributed by atoms with Crippen LogP contribution in [0.2, 0.25) is 0 Å². The summed E-state index contributed by atoms with van der Waals surface area (Å²) in [6, 6.07) is 7.53. The molecule has 0 spiro atoms. The summed E-state index contributed by atoms with van der Waals surface area (Å²) in [5.74, 6) is -0.833. The van der Waals surface area contributed by atoms with Gasteiger partial charge in [0.05, 0.1) is 23.2 Å². The van der Waals surface area contributed by atoms with Gasteiger partial charge in [-0.2, -0.15) is 13.2 Å². The molecule has 2 aromatic carbocycles. The maximum absolute atomic E-state index is 12.9. The molecule has 0 saturated carbocycles. The van der Waals surface area contributed by atoms with Gasteiger partial charge in [0.1, 0.15) is 0 Å². The van der Waals surface area contributed by atoms with Crippen molar-refractivity contribution in [3.05, 3.63) is 63.7 Å². The summed E-state index contributed by atoms with van der Waals surface area (Å²) in [4.78, 5) is 21.9. The molecule has 2 rings (SSSR count). The Kier molecular flexibility index (Phi) is 4.35. The number of nitro groups is 1. The van der Waals surface area contributed by atoms with Crippen LogP contribution >= 0.6 is 0 Å². The first-order valence-electron chi connectivity index (χ1n) is 6.28. The lowest BCUT2D eigenvalue weighted by Crippen LogP contribution is -2.09. The lowest BCUT2D eigenvalue weighted by molar-refractivity contribution is -0.384. The molecule has 8 heteroatoms. The average molecular weight is 325 g/mol. The Hall–Kier alpha value is -2.90. The predicted molar refractivity (Wildman–Crippen MR) is 74.9 cm³/mol. The largest absolute Gasteiger partial charge is 0.465 e. The fraction of sp³-hybridized carbons (Fsp3) is 0.133. The number of halogens is 3. The molecule has 2 aromatic rings. The van der Waals surface area contributed by atoms with E-state index in [1.54, 1.807) is 0 Å². The topological polar surface area (TPSA) is 69.4 Å². The first-order valence-corrected chi connectivity index (χ1v) is 6.28. The molecule has 23 heavy (non-hydrogen) atoms. The molecular formula is C15H10F3NO4. The lowest BCUT2D eigenvalue weighted by Gasteiger charge is -2.12. The van der Waals surface area contributed by atoms with Crippen molar-refractivity contribution in [3.63, 3.8) is 0 Å². The Morgan fingerprint density at radius 1 is 1.17 bits per heavy atom. The maximum Gasteiger partial charge on any atom is 0.416 e. The Balaban J connectivity index is 2.68. The van der Waals surface area contributed by atoms with Crippen molar-refractivity contribution in [2.24, 2.45) is 0 Å². The summed E-state index contributed by atoms with van der Waals surface area (Å²) in [5, 5.41) is 10.8. The Morgan fingerprint density at radius 2 is 1.87 bits per heavy atom. The third-order valence-corrected chi connectivity index (χ3v) is 3.12. The van der Waals surface area contributed by atoms with Crippen molar-refractivity contribution in [1.29, 1.82) is 0 Å². The van der Waals surface area contributed by atoms with Crippen LogP contribution in [0.4, 0.5) is 18.9 Å². The Labute approximate surface area is 128 Å². The van der Waals surface area contributed by atoms with Crippen molar-refractivity contribution >= 4 is 11.7 Å². The number of esters is 1. The van der Waals surface area contributed by atoms with Gasteiger partial charge in [-0.25, -0.2) is 4.79 Å². The number of carbonyl (C=O) groups excluding carboxylic acids is 1. The number of non-ortho nitro benzene ring substituents is 1. The molecule has 0 fully saturated rings. The van der Waals surface area contributed by atoms with Crippen LogP contribution in [0.25, 0.3) is 11.1 Å². The van der Waals surface area contributed by atoms with Crippen molar-refractivity contribution in [2.45, 2.75) is 6.18 Å². The summed E-state index contributed by atoms with van der Waals surface area (Å²) in [7, 11) is 1.09. The Morgan fingerprint density at radius 3 is 2.43 bits per heavy atom. The summed E-state index contributed by atoms with van der Waals surface area (Å²) in [6.07, 6.45) is -4.61. The minimum absolute atomic E-state index is 0.0876. The summed E-state index contributed by atoms with van der Waals surface area (Å²) < 4.78 is 43.2. The molecule has 0 heterocycles. The third-order valence-electron chi connectivity index (χ3n) is 3.12. The monoisotopic (exact) mass is 325 g/mol. The van der Waals surface area contributed by atoms with Gasteiger partial charge in [0.15, 0.2) is 0 Å². The zero-order chi connectivity index (χ0) is 17.2. The first-order chi connectivity index (χ1) is 10.7. The molecule has 0 aromatic heterocycles. The molecule has 0 N–H and O–H groups in total. The number of carbonyl (C=O) groups is 1. The van der Waals surface area contributed by atoms with E-state index in [9.17, 15) is 28.1 Å². The standard InChI is InChI=1S/C15H10F3NO4/c1-23-14(20)12-6-5-10(15(16,17)18)8-13(12)9-3-2-4-11(7-9)19(21)22/h2-8H,1H3. The van der Waals surface area contributed by atoms with Crippen LogP contribution in [0.1, 0.15) is 15.9 Å². The zero-order valence-electron chi connectivity index (χ0n) is 11.8. The number of methoxy groups -OCH3 is 1. The van der Waals surface area contributed by atoms with E-state index in [2.05, 4.69) is 4.74 Å². The highest BCUT2D eigenvalue weighted by Gasteiger charge is 2.32. The molecule has 120 valence electrons. The molecule has 0 aliphatic carbocycles. The van der Waals surface area contributed by atoms with Gasteiger partial charge in [0.25, 0.3) is 5.69 Å². The lowest BCUT2D eigenvalue weighted by atomic mass is 9.96. The first kappa shape index (κ1) is 16.5. The van der Waals surface area contributed by atoms with Crippen LogP contribution in [0.3, 0.4) is 0 Å². The van der Waals surface area contributed by atoms with Crippen LogP contribution in [-0.2, 0) is 10.9 Å². The number of ether oxygens (including phenoxy) is 1. The zero-order valence-corrected chi connectivity index (χ0v) is 11.8. The maximum atomic E-state index is 12.9. The highest BCUT2D eigenvalue weighted by Crippen LogP contribution is 2.35. The molecule has 0 radical (unpaired) electrons. The van der Waals surface area contributed by atoms with E-state index in [-0.39, 0.29) is 22.4 Å². The number of alkyl halides is 3. The highest BCUT2D eigenvalue weighted by atomic mass is 19.4. The molecule has 0 bridgehead atoms. The molecule has 0 amide bonds. The highest BCUT2D eigenvalue weighted by molar-refractivity contribution is 5.97. The molecule has 0 saturated heterocycles. The SMILES string of the molecule is COC(=O)c1ccc(C(F)(F)F)cc1-c1cccc([N+](=O)[O-])c1. The van der Waals surface area contributed by atoms with Crippen LogP contribution < -0.4 is 0 Å². The molecule has 0 unspecified atom stereocenters. The predicted octanol–water partition coefficient (Wildman–Crippen LogP) is 4.07. The van der Waals surface area contributed by atoms with Crippen molar-refractivity contribution in [1.82, 2.24) is 0 Å². The minimum atomic E-state index is -4.61. The van der Waals surface area contributed by atoms with Gasteiger partial charge < -0.3 is 4.74 Å². The number of hydrogen-bond acceptors (Lipinski definition) is 4. The van der Waals surface area contributed by atoms with E-state index < -0.39 is 22.6 Å². The smallest absolute Gasteiger partial charge is 0.416 e.